The Balaban J connectivity index is 1.93. The first-order valence-electron chi connectivity index (χ1n) is 7.62. The van der Waals surface area contributed by atoms with E-state index >= 15 is 0 Å². The number of aromatic amines is 1. The number of carbonyl (C=O) groups is 1. The van der Waals surface area contributed by atoms with Crippen LogP contribution in [0.3, 0.4) is 0 Å². The molecule has 6 nitrogen and oxygen atoms in total. The van der Waals surface area contributed by atoms with E-state index in [1.807, 2.05) is 51.2 Å². The second-order valence-electron chi connectivity index (χ2n) is 6.58. The highest BCUT2D eigenvalue weighted by molar-refractivity contribution is 5.85. The molecular formula is C17H22N2O4. The average Bonchev–Trinajstić information content (AvgIpc) is 3.08. The van der Waals surface area contributed by atoms with Gasteiger partial charge >= 0.3 is 5.97 Å². The summed E-state index contributed by atoms with van der Waals surface area (Å²) in [6.45, 7) is 5.80. The molecule has 6 heteroatoms. The van der Waals surface area contributed by atoms with Crippen molar-refractivity contribution in [3.63, 3.8) is 0 Å². The fraction of sp³-hybridized carbons (Fsp3) is 0.471. The molecular weight excluding hydrogens is 296 g/mol. The lowest BCUT2D eigenvalue weighted by molar-refractivity contribution is -0.195. The Bertz CT molecular complexity index is 704. The third-order valence-corrected chi connectivity index (χ3v) is 3.73. The van der Waals surface area contributed by atoms with Gasteiger partial charge in [0.05, 0.1) is 12.7 Å². The molecule has 3 atom stereocenters. The van der Waals surface area contributed by atoms with Gasteiger partial charge in [-0.25, -0.2) is 0 Å². The number of para-hydroxylation sites is 1. The van der Waals surface area contributed by atoms with Gasteiger partial charge < -0.3 is 19.2 Å². The van der Waals surface area contributed by atoms with Gasteiger partial charge in [0.2, 0.25) is 6.41 Å². The molecule has 0 spiro atoms. The van der Waals surface area contributed by atoms with Gasteiger partial charge in [-0.15, -0.1) is 0 Å². The lowest BCUT2D eigenvalue weighted by atomic mass is 10.0. The fourth-order valence-corrected chi connectivity index (χ4v) is 2.77. The van der Waals surface area contributed by atoms with Crippen LogP contribution in [0.2, 0.25) is 0 Å². The summed E-state index contributed by atoms with van der Waals surface area (Å²) in [5, 5.41) is 4.09. The van der Waals surface area contributed by atoms with Crippen molar-refractivity contribution in [2.24, 2.45) is 0 Å². The summed E-state index contributed by atoms with van der Waals surface area (Å²) in [5.74, 6) is -0.375. The van der Waals surface area contributed by atoms with Gasteiger partial charge in [0.1, 0.15) is 12.1 Å². The molecule has 1 aromatic carbocycles. The monoisotopic (exact) mass is 318 g/mol. The number of rotatable bonds is 3. The summed E-state index contributed by atoms with van der Waals surface area (Å²) in [7, 11) is 1.37. The van der Waals surface area contributed by atoms with Crippen molar-refractivity contribution in [3.05, 3.63) is 36.0 Å². The molecule has 0 aliphatic carbocycles. The molecule has 3 unspecified atom stereocenters. The summed E-state index contributed by atoms with van der Waals surface area (Å²) >= 11 is 0. The highest BCUT2D eigenvalue weighted by Gasteiger charge is 2.43. The molecule has 0 amide bonds. The Morgan fingerprint density at radius 2 is 2.00 bits per heavy atom. The maximum absolute atomic E-state index is 12.1. The lowest BCUT2D eigenvalue weighted by Gasteiger charge is -2.24. The zero-order valence-electron chi connectivity index (χ0n) is 13.8. The van der Waals surface area contributed by atoms with Crippen LogP contribution in [0.4, 0.5) is 0 Å². The van der Waals surface area contributed by atoms with E-state index in [0.717, 1.165) is 16.5 Å². The molecule has 3 rings (SSSR count). The van der Waals surface area contributed by atoms with Crippen LogP contribution in [-0.4, -0.2) is 36.1 Å². The van der Waals surface area contributed by atoms with E-state index in [9.17, 15) is 4.79 Å². The van der Waals surface area contributed by atoms with Crippen molar-refractivity contribution >= 4 is 16.9 Å². The molecule has 1 aliphatic rings. The van der Waals surface area contributed by atoms with Crippen molar-refractivity contribution in [1.82, 2.24) is 10.3 Å². The highest BCUT2D eigenvalue weighted by atomic mass is 16.7. The number of nitrogens with one attached hydrogen (secondary N) is 2. The largest absolute Gasteiger partial charge is 0.468 e. The van der Waals surface area contributed by atoms with Crippen LogP contribution >= 0.6 is 0 Å². The van der Waals surface area contributed by atoms with Gasteiger partial charge in [0.15, 0.2) is 0 Å². The topological polar surface area (TPSA) is 72.6 Å². The minimum atomic E-state index is -0.669. The first-order chi connectivity index (χ1) is 10.9. The van der Waals surface area contributed by atoms with Crippen molar-refractivity contribution in [1.29, 1.82) is 0 Å². The van der Waals surface area contributed by atoms with Crippen LogP contribution in [0.15, 0.2) is 30.5 Å². The van der Waals surface area contributed by atoms with Gasteiger partial charge in [-0.3, -0.25) is 10.1 Å². The van der Waals surface area contributed by atoms with Crippen LogP contribution in [0.1, 0.15) is 32.4 Å². The number of ether oxygens (including phenoxy) is 3. The second kappa shape index (κ2) is 5.96. The maximum atomic E-state index is 12.1. The van der Waals surface area contributed by atoms with Crippen LogP contribution < -0.4 is 5.32 Å². The van der Waals surface area contributed by atoms with Crippen molar-refractivity contribution < 1.29 is 19.0 Å². The zero-order valence-corrected chi connectivity index (χ0v) is 13.8. The number of benzene rings is 1. The van der Waals surface area contributed by atoms with Gasteiger partial charge in [0.25, 0.3) is 0 Å². The highest BCUT2D eigenvalue weighted by Crippen LogP contribution is 2.34. The Kier molecular flexibility index (Phi) is 4.14. The van der Waals surface area contributed by atoms with Crippen LogP contribution in [0.25, 0.3) is 10.9 Å². The molecule has 2 N–H and O–H groups in total. The van der Waals surface area contributed by atoms with Crippen molar-refractivity contribution in [2.75, 3.05) is 7.11 Å². The smallest absolute Gasteiger partial charge is 0.326 e. The van der Waals surface area contributed by atoms with Gasteiger partial charge in [-0.2, -0.15) is 0 Å². The molecule has 1 aromatic heterocycles. The number of methoxy groups -OCH3 is 1. The minimum absolute atomic E-state index is 0.375. The molecule has 1 aliphatic heterocycles. The number of H-pyrrole nitrogens is 1. The number of esters is 1. The molecule has 2 aromatic rings. The third kappa shape index (κ3) is 3.24. The Morgan fingerprint density at radius 1 is 1.26 bits per heavy atom. The average molecular weight is 318 g/mol. The Labute approximate surface area is 135 Å². The summed E-state index contributed by atoms with van der Waals surface area (Å²) in [4.78, 5) is 15.3. The van der Waals surface area contributed by atoms with E-state index in [4.69, 9.17) is 14.2 Å². The summed E-state index contributed by atoms with van der Waals surface area (Å²) in [6.07, 6.45) is 0.718. The predicted molar refractivity (Wildman–Crippen MR) is 85.7 cm³/mol. The first-order valence-corrected chi connectivity index (χ1v) is 7.62. The Hall–Kier alpha value is -1.89. The van der Waals surface area contributed by atoms with Gasteiger partial charge in [-0.1, -0.05) is 18.2 Å². The molecule has 0 bridgehead atoms. The Morgan fingerprint density at radius 3 is 2.70 bits per heavy atom. The SMILES string of the molecule is COC(=O)C1NC(OC(C)(C)C)OC1c1c[nH]c2ccccc12. The minimum Gasteiger partial charge on any atom is -0.468 e. The first kappa shape index (κ1) is 16.0. The van der Waals surface area contributed by atoms with E-state index in [2.05, 4.69) is 10.3 Å². The maximum Gasteiger partial charge on any atom is 0.326 e. The summed E-state index contributed by atoms with van der Waals surface area (Å²) in [6, 6.07) is 7.28. The molecule has 2 heterocycles. The van der Waals surface area contributed by atoms with E-state index in [-0.39, 0.29) is 5.97 Å². The van der Waals surface area contributed by atoms with Crippen LogP contribution in [0.5, 0.6) is 0 Å². The van der Waals surface area contributed by atoms with Crippen molar-refractivity contribution in [2.45, 2.75) is 44.9 Å². The fourth-order valence-electron chi connectivity index (χ4n) is 2.77. The lowest BCUT2D eigenvalue weighted by Crippen LogP contribution is -2.41. The van der Waals surface area contributed by atoms with E-state index in [1.165, 1.54) is 7.11 Å². The number of aromatic nitrogens is 1. The molecule has 0 radical (unpaired) electrons. The number of hydrogen-bond acceptors (Lipinski definition) is 5. The van der Waals surface area contributed by atoms with E-state index in [1.54, 1.807) is 0 Å². The molecule has 1 fully saturated rings. The van der Waals surface area contributed by atoms with Crippen LogP contribution in [-0.2, 0) is 19.0 Å². The summed E-state index contributed by atoms with van der Waals surface area (Å²) < 4.78 is 16.7. The number of carbonyl (C=O) groups excluding carboxylic acids is 1. The van der Waals surface area contributed by atoms with E-state index < -0.39 is 24.2 Å². The predicted octanol–water partition coefficient (Wildman–Crippen LogP) is 2.47. The molecule has 124 valence electrons. The van der Waals surface area contributed by atoms with Crippen molar-refractivity contribution in [3.8, 4) is 0 Å². The zero-order chi connectivity index (χ0) is 16.6. The van der Waals surface area contributed by atoms with Crippen LogP contribution in [0, 0.1) is 0 Å². The molecule has 0 saturated carbocycles. The normalized spacial score (nSPS) is 25.0. The van der Waals surface area contributed by atoms with Gasteiger partial charge in [-0.05, 0) is 26.8 Å². The van der Waals surface area contributed by atoms with E-state index in [0.29, 0.717) is 0 Å². The number of hydrogen-bond donors (Lipinski definition) is 2. The summed E-state index contributed by atoms with van der Waals surface area (Å²) in [5.41, 5.74) is 1.51. The molecule has 23 heavy (non-hydrogen) atoms. The quantitative estimate of drug-likeness (QED) is 0.851. The third-order valence-electron chi connectivity index (χ3n) is 3.73. The van der Waals surface area contributed by atoms with Gasteiger partial charge in [0, 0.05) is 22.7 Å². The standard InChI is InChI=1S/C17H22N2O4/c1-17(2,3)23-16-19-13(15(20)21-4)14(22-16)11-9-18-12-8-6-5-7-10(11)12/h5-9,13-14,16,18-19H,1-4H3. The number of fused-ring (bicyclic) bond motifs is 1. The molecule has 1 saturated heterocycles. The second-order valence-corrected chi connectivity index (χ2v) is 6.58.